The van der Waals surface area contributed by atoms with E-state index in [0.29, 0.717) is 5.56 Å². The Kier molecular flexibility index (Phi) is 3.74. The van der Waals surface area contributed by atoms with Crippen molar-refractivity contribution in [2.75, 3.05) is 0 Å². The van der Waals surface area contributed by atoms with Crippen molar-refractivity contribution in [3.05, 3.63) is 83.7 Å². The number of hydrogen-bond donors (Lipinski definition) is 4. The Morgan fingerprint density at radius 1 is 1.00 bits per heavy atom. The van der Waals surface area contributed by atoms with Crippen molar-refractivity contribution in [2.45, 2.75) is 11.6 Å². The summed E-state index contributed by atoms with van der Waals surface area (Å²) in [6.45, 7) is 0. The van der Waals surface area contributed by atoms with E-state index in [1.54, 1.807) is 12.1 Å². The van der Waals surface area contributed by atoms with Gasteiger partial charge in [0.15, 0.2) is 0 Å². The van der Waals surface area contributed by atoms with Crippen LogP contribution in [0.2, 0.25) is 0 Å². The fraction of sp³-hybridized carbons (Fsp3) is 0.100. The van der Waals surface area contributed by atoms with Crippen molar-refractivity contribution in [2.24, 2.45) is 0 Å². The number of carbonyl (C=O) groups is 1. The number of benzene rings is 2. The van der Waals surface area contributed by atoms with Gasteiger partial charge in [-0.3, -0.25) is 0 Å². The number of aliphatic hydroxyl groups is 3. The zero-order valence-electron chi connectivity index (χ0n) is 13.9. The lowest BCUT2D eigenvalue weighted by Crippen LogP contribution is -2.52. The van der Waals surface area contributed by atoms with E-state index < -0.39 is 28.9 Å². The number of carboxylic acids is 1. The topological polar surface area (TPSA) is 120 Å². The molecule has 2 bridgehead atoms. The Hall–Kier alpha value is -3.26. The van der Waals surface area contributed by atoms with Gasteiger partial charge in [-0.15, -0.1) is 0 Å². The molecular formula is C20H15NO6. The first-order chi connectivity index (χ1) is 12.8. The second kappa shape index (κ2) is 5.88. The van der Waals surface area contributed by atoms with E-state index in [-0.39, 0.29) is 11.3 Å². The number of carboxylic acid groups (broad SMARTS) is 1. The molecule has 7 nitrogen and oxygen atoms in total. The number of aromatic carboxylic acids is 1. The normalized spacial score (nSPS) is 18.2. The van der Waals surface area contributed by atoms with Crippen molar-refractivity contribution in [1.29, 1.82) is 0 Å². The summed E-state index contributed by atoms with van der Waals surface area (Å²) in [5, 5.41) is 41.8. The molecule has 0 radical (unpaired) electrons. The summed E-state index contributed by atoms with van der Waals surface area (Å²) < 4.78 is 5.43. The minimum atomic E-state index is -3.00. The van der Waals surface area contributed by atoms with Gasteiger partial charge in [-0.2, -0.15) is 0 Å². The van der Waals surface area contributed by atoms with E-state index in [1.807, 2.05) is 30.3 Å². The molecule has 2 heterocycles. The highest BCUT2D eigenvalue weighted by atomic mass is 16.7. The molecule has 0 amide bonds. The smallest absolute Gasteiger partial charge is 0.354 e. The van der Waals surface area contributed by atoms with Gasteiger partial charge >= 0.3 is 5.97 Å². The van der Waals surface area contributed by atoms with Gasteiger partial charge in [0, 0.05) is 5.56 Å². The third kappa shape index (κ3) is 2.57. The Labute approximate surface area is 153 Å². The predicted molar refractivity (Wildman–Crippen MR) is 93.7 cm³/mol. The molecule has 4 rings (SSSR count). The van der Waals surface area contributed by atoms with Gasteiger partial charge in [0.2, 0.25) is 0 Å². The first-order valence-electron chi connectivity index (χ1n) is 8.10. The largest absolute Gasteiger partial charge is 0.477 e. The maximum Gasteiger partial charge on any atom is 0.354 e. The van der Waals surface area contributed by atoms with E-state index >= 15 is 0 Å². The summed E-state index contributed by atoms with van der Waals surface area (Å²) in [7, 11) is 0. The average Bonchev–Trinajstić information content (AvgIpc) is 2.94. The van der Waals surface area contributed by atoms with Crippen molar-refractivity contribution in [1.82, 2.24) is 4.98 Å². The zero-order chi connectivity index (χ0) is 19.2. The van der Waals surface area contributed by atoms with Crippen molar-refractivity contribution < 1.29 is 30.0 Å². The van der Waals surface area contributed by atoms with Gasteiger partial charge < -0.3 is 25.2 Å². The maximum absolute atomic E-state index is 11.2. The third-order valence-electron chi connectivity index (χ3n) is 4.50. The van der Waals surface area contributed by atoms with Crippen LogP contribution in [-0.4, -0.2) is 31.4 Å². The molecule has 0 saturated carbocycles. The SMILES string of the molecule is O=C(O)c1cccc(C(O)(O)C2(O)Oc3ccc(-c4ccccc4)c2c3)n1. The van der Waals surface area contributed by atoms with E-state index in [2.05, 4.69) is 4.98 Å². The number of pyridine rings is 1. The van der Waals surface area contributed by atoms with E-state index in [0.717, 1.165) is 5.56 Å². The molecular weight excluding hydrogens is 350 g/mol. The van der Waals surface area contributed by atoms with Crippen LogP contribution in [0.3, 0.4) is 0 Å². The number of rotatable bonds is 4. The van der Waals surface area contributed by atoms with Crippen LogP contribution in [-0.2, 0) is 11.6 Å². The van der Waals surface area contributed by atoms with Crippen LogP contribution in [0.1, 0.15) is 21.7 Å². The molecule has 1 aromatic heterocycles. The van der Waals surface area contributed by atoms with Crippen LogP contribution in [0.4, 0.5) is 0 Å². The minimum Gasteiger partial charge on any atom is -0.477 e. The lowest BCUT2D eigenvalue weighted by molar-refractivity contribution is -0.360. The fourth-order valence-electron chi connectivity index (χ4n) is 3.14. The molecule has 1 atom stereocenters. The molecule has 3 aromatic rings. The van der Waals surface area contributed by atoms with Crippen molar-refractivity contribution >= 4 is 5.97 Å². The first-order valence-corrected chi connectivity index (χ1v) is 8.10. The molecule has 0 aliphatic carbocycles. The molecule has 136 valence electrons. The molecule has 1 aliphatic heterocycles. The summed E-state index contributed by atoms with van der Waals surface area (Å²) in [4.78, 5) is 14.9. The highest BCUT2D eigenvalue weighted by Crippen LogP contribution is 2.49. The molecule has 0 fully saturated rings. The molecule has 0 spiro atoms. The van der Waals surface area contributed by atoms with Crippen LogP contribution >= 0.6 is 0 Å². The Morgan fingerprint density at radius 3 is 2.44 bits per heavy atom. The van der Waals surface area contributed by atoms with Crippen molar-refractivity contribution in [3.63, 3.8) is 0 Å². The number of aromatic nitrogens is 1. The first kappa shape index (κ1) is 17.2. The quantitative estimate of drug-likeness (QED) is 0.521. The number of fused-ring (bicyclic) bond motifs is 2. The van der Waals surface area contributed by atoms with Gasteiger partial charge in [0.25, 0.3) is 11.6 Å². The third-order valence-corrected chi connectivity index (χ3v) is 4.50. The second-order valence-corrected chi connectivity index (χ2v) is 6.20. The summed E-state index contributed by atoms with van der Waals surface area (Å²) in [5.74, 6) is -6.66. The zero-order valence-corrected chi connectivity index (χ0v) is 13.9. The second-order valence-electron chi connectivity index (χ2n) is 6.20. The van der Waals surface area contributed by atoms with Gasteiger partial charge in [-0.1, -0.05) is 42.5 Å². The monoisotopic (exact) mass is 365 g/mol. The summed E-state index contributed by atoms with van der Waals surface area (Å²) in [6, 6.07) is 17.6. The maximum atomic E-state index is 11.2. The molecule has 4 N–H and O–H groups in total. The Balaban J connectivity index is 1.85. The molecule has 27 heavy (non-hydrogen) atoms. The standard InChI is InChI=1S/C20H15NO6/c22-18(23)16-7-4-8-17(21-16)19(24,25)20(26)15-11-13(27-20)9-10-14(15)12-5-2-1-3-6-12/h1-11,24-26H,(H,22,23). The number of nitrogens with zero attached hydrogens (tertiary/aromatic N) is 1. The number of ether oxygens (including phenoxy) is 1. The van der Waals surface area contributed by atoms with Gasteiger partial charge in [0.05, 0.1) is 0 Å². The highest BCUT2D eigenvalue weighted by molar-refractivity contribution is 5.85. The van der Waals surface area contributed by atoms with Gasteiger partial charge in [-0.05, 0) is 35.4 Å². The predicted octanol–water partition coefficient (Wildman–Crippen LogP) is 1.82. The van der Waals surface area contributed by atoms with E-state index in [9.17, 15) is 20.1 Å². The van der Waals surface area contributed by atoms with Crippen LogP contribution in [0.25, 0.3) is 11.1 Å². The lowest BCUT2D eigenvalue weighted by atomic mass is 9.89. The average molecular weight is 365 g/mol. The lowest BCUT2D eigenvalue weighted by Gasteiger charge is -2.36. The van der Waals surface area contributed by atoms with Crippen LogP contribution in [0, 0.1) is 0 Å². The fourth-order valence-corrected chi connectivity index (χ4v) is 3.14. The van der Waals surface area contributed by atoms with Crippen molar-refractivity contribution in [3.8, 4) is 16.9 Å². The number of hydrogen-bond acceptors (Lipinski definition) is 6. The molecule has 7 heteroatoms. The Morgan fingerprint density at radius 2 is 1.74 bits per heavy atom. The van der Waals surface area contributed by atoms with E-state index in [4.69, 9.17) is 9.84 Å². The highest BCUT2D eigenvalue weighted by Gasteiger charge is 2.58. The van der Waals surface area contributed by atoms with Crippen LogP contribution in [0.15, 0.2) is 66.7 Å². The minimum absolute atomic E-state index is 0.138. The van der Waals surface area contributed by atoms with Gasteiger partial charge in [-0.25, -0.2) is 9.78 Å². The molecule has 0 saturated heterocycles. The molecule has 2 aromatic carbocycles. The van der Waals surface area contributed by atoms with Crippen LogP contribution < -0.4 is 4.74 Å². The van der Waals surface area contributed by atoms with E-state index in [1.165, 1.54) is 24.3 Å². The summed E-state index contributed by atoms with van der Waals surface area (Å²) in [6.07, 6.45) is 0. The van der Waals surface area contributed by atoms with Crippen LogP contribution in [0.5, 0.6) is 5.75 Å². The summed E-state index contributed by atoms with van der Waals surface area (Å²) in [5.41, 5.74) is 0.578. The van der Waals surface area contributed by atoms with Gasteiger partial charge in [0.1, 0.15) is 17.1 Å². The Bertz CT molecular complexity index is 1030. The molecule has 1 unspecified atom stereocenters. The molecule has 1 aliphatic rings. The summed E-state index contributed by atoms with van der Waals surface area (Å²) >= 11 is 0.